The molecule has 0 aliphatic carbocycles. The summed E-state index contributed by atoms with van der Waals surface area (Å²) in [5.74, 6) is -0.499. The summed E-state index contributed by atoms with van der Waals surface area (Å²) in [5, 5.41) is 2.73. The van der Waals surface area contributed by atoms with Crippen molar-refractivity contribution in [2.45, 2.75) is 19.9 Å². The second kappa shape index (κ2) is 6.05. The molecule has 0 bridgehead atoms. The standard InChI is InChI=1S/C13H18N2O3/c1-8(12(14)16)9(2)15-13(17)10-5-4-6-11(7-10)18-3/h4-9H,1-3H3,(H2,14,16)(H,15,17). The minimum absolute atomic E-state index is 0.255. The van der Waals surface area contributed by atoms with Crippen LogP contribution in [0.1, 0.15) is 24.2 Å². The maximum Gasteiger partial charge on any atom is 0.251 e. The van der Waals surface area contributed by atoms with E-state index in [1.807, 2.05) is 0 Å². The largest absolute Gasteiger partial charge is 0.497 e. The zero-order valence-electron chi connectivity index (χ0n) is 10.8. The van der Waals surface area contributed by atoms with Crippen molar-refractivity contribution in [2.24, 2.45) is 11.7 Å². The average molecular weight is 250 g/mol. The second-order valence-electron chi connectivity index (χ2n) is 4.19. The van der Waals surface area contributed by atoms with Gasteiger partial charge in [-0.05, 0) is 25.1 Å². The summed E-state index contributed by atoms with van der Waals surface area (Å²) in [6, 6.07) is 6.49. The highest BCUT2D eigenvalue weighted by atomic mass is 16.5. The molecule has 0 fully saturated rings. The second-order valence-corrected chi connectivity index (χ2v) is 4.19. The average Bonchev–Trinajstić information content (AvgIpc) is 2.37. The molecule has 3 N–H and O–H groups in total. The topological polar surface area (TPSA) is 81.4 Å². The lowest BCUT2D eigenvalue weighted by molar-refractivity contribution is -0.121. The molecule has 0 saturated carbocycles. The lowest BCUT2D eigenvalue weighted by Crippen LogP contribution is -2.42. The predicted octanol–water partition coefficient (Wildman–Crippen LogP) is 0.935. The number of methoxy groups -OCH3 is 1. The maximum absolute atomic E-state index is 11.9. The first-order valence-electron chi connectivity index (χ1n) is 5.70. The summed E-state index contributed by atoms with van der Waals surface area (Å²) in [7, 11) is 1.54. The quantitative estimate of drug-likeness (QED) is 0.815. The van der Waals surface area contributed by atoms with Crippen LogP contribution in [0, 0.1) is 5.92 Å². The molecular formula is C13H18N2O3. The number of primary amides is 1. The third-order valence-electron chi connectivity index (χ3n) is 2.89. The molecule has 2 unspecified atom stereocenters. The van der Waals surface area contributed by atoms with Crippen LogP contribution in [-0.4, -0.2) is 25.0 Å². The number of ether oxygens (including phenoxy) is 1. The molecule has 0 spiro atoms. The molecule has 1 aromatic rings. The number of hydrogen-bond acceptors (Lipinski definition) is 3. The summed E-state index contributed by atoms with van der Waals surface area (Å²) < 4.78 is 5.04. The van der Waals surface area contributed by atoms with E-state index in [0.29, 0.717) is 11.3 Å². The minimum atomic E-state index is -0.437. The van der Waals surface area contributed by atoms with Crippen LogP contribution >= 0.6 is 0 Å². The van der Waals surface area contributed by atoms with Gasteiger partial charge in [0.2, 0.25) is 5.91 Å². The summed E-state index contributed by atoms with van der Waals surface area (Å²) >= 11 is 0. The Morgan fingerprint density at radius 3 is 2.56 bits per heavy atom. The van der Waals surface area contributed by atoms with Gasteiger partial charge in [0.1, 0.15) is 5.75 Å². The molecule has 0 radical (unpaired) electrons. The van der Waals surface area contributed by atoms with Crippen molar-refractivity contribution < 1.29 is 14.3 Å². The number of rotatable bonds is 5. The Bertz CT molecular complexity index is 446. The third-order valence-corrected chi connectivity index (χ3v) is 2.89. The van der Waals surface area contributed by atoms with Crippen LogP contribution in [-0.2, 0) is 4.79 Å². The highest BCUT2D eigenvalue weighted by Gasteiger charge is 2.20. The summed E-state index contributed by atoms with van der Waals surface area (Å²) in [5.41, 5.74) is 5.67. The van der Waals surface area contributed by atoms with E-state index in [4.69, 9.17) is 10.5 Å². The maximum atomic E-state index is 11.9. The fraction of sp³-hybridized carbons (Fsp3) is 0.385. The Morgan fingerprint density at radius 2 is 2.00 bits per heavy atom. The van der Waals surface area contributed by atoms with Gasteiger partial charge in [0.15, 0.2) is 0 Å². The van der Waals surface area contributed by atoms with E-state index in [2.05, 4.69) is 5.32 Å². The first-order chi connectivity index (χ1) is 8.45. The van der Waals surface area contributed by atoms with E-state index in [1.165, 1.54) is 7.11 Å². The van der Waals surface area contributed by atoms with Crippen LogP contribution in [0.2, 0.25) is 0 Å². The molecule has 0 aliphatic rings. The molecule has 0 heterocycles. The van der Waals surface area contributed by atoms with Crippen LogP contribution in [0.5, 0.6) is 5.75 Å². The number of amides is 2. The summed E-state index contributed by atoms with van der Waals surface area (Å²) in [6.45, 7) is 3.42. The first-order valence-corrected chi connectivity index (χ1v) is 5.70. The number of benzene rings is 1. The van der Waals surface area contributed by atoms with Gasteiger partial charge in [-0.25, -0.2) is 0 Å². The lowest BCUT2D eigenvalue weighted by atomic mass is 10.0. The normalized spacial score (nSPS) is 13.5. The van der Waals surface area contributed by atoms with E-state index in [0.717, 1.165) is 0 Å². The Hall–Kier alpha value is -2.04. The highest BCUT2D eigenvalue weighted by Crippen LogP contribution is 2.13. The van der Waals surface area contributed by atoms with Crippen LogP contribution in [0.15, 0.2) is 24.3 Å². The molecule has 2 atom stereocenters. The smallest absolute Gasteiger partial charge is 0.251 e. The number of hydrogen-bond donors (Lipinski definition) is 2. The first kappa shape index (κ1) is 14.0. The van der Waals surface area contributed by atoms with Gasteiger partial charge in [0.25, 0.3) is 5.91 Å². The van der Waals surface area contributed by atoms with Crippen molar-refractivity contribution in [3.8, 4) is 5.75 Å². The van der Waals surface area contributed by atoms with Crippen molar-refractivity contribution in [1.82, 2.24) is 5.32 Å². The molecule has 5 nitrogen and oxygen atoms in total. The zero-order chi connectivity index (χ0) is 13.7. The lowest BCUT2D eigenvalue weighted by Gasteiger charge is -2.18. The summed E-state index contributed by atoms with van der Waals surface area (Å²) in [4.78, 5) is 22.9. The molecular weight excluding hydrogens is 232 g/mol. The number of nitrogens with two attached hydrogens (primary N) is 1. The fourth-order valence-electron chi connectivity index (χ4n) is 1.43. The van der Waals surface area contributed by atoms with Crippen molar-refractivity contribution >= 4 is 11.8 Å². The van der Waals surface area contributed by atoms with Gasteiger partial charge in [-0.15, -0.1) is 0 Å². The third kappa shape index (κ3) is 3.48. The molecule has 2 amide bonds. The van der Waals surface area contributed by atoms with Gasteiger partial charge in [0.05, 0.1) is 13.0 Å². The van der Waals surface area contributed by atoms with Crippen LogP contribution < -0.4 is 15.8 Å². The van der Waals surface area contributed by atoms with Gasteiger partial charge in [-0.1, -0.05) is 13.0 Å². The predicted molar refractivity (Wildman–Crippen MR) is 68.3 cm³/mol. The Kier molecular flexibility index (Phi) is 4.71. The number of nitrogens with one attached hydrogen (secondary N) is 1. The van der Waals surface area contributed by atoms with E-state index in [-0.39, 0.29) is 11.9 Å². The van der Waals surface area contributed by atoms with Crippen molar-refractivity contribution in [2.75, 3.05) is 7.11 Å². The molecule has 0 saturated heterocycles. The molecule has 98 valence electrons. The molecule has 1 rings (SSSR count). The molecule has 18 heavy (non-hydrogen) atoms. The minimum Gasteiger partial charge on any atom is -0.497 e. The SMILES string of the molecule is COc1cccc(C(=O)NC(C)C(C)C(N)=O)c1. The monoisotopic (exact) mass is 250 g/mol. The highest BCUT2D eigenvalue weighted by molar-refractivity contribution is 5.95. The van der Waals surface area contributed by atoms with Crippen molar-refractivity contribution in [1.29, 1.82) is 0 Å². The molecule has 0 aliphatic heterocycles. The summed E-state index contributed by atoms with van der Waals surface area (Å²) in [6.07, 6.45) is 0. The van der Waals surface area contributed by atoms with Crippen LogP contribution in [0.4, 0.5) is 0 Å². The molecule has 5 heteroatoms. The van der Waals surface area contributed by atoms with Gasteiger partial charge < -0.3 is 15.8 Å². The van der Waals surface area contributed by atoms with Crippen LogP contribution in [0.3, 0.4) is 0 Å². The Labute approximate surface area is 106 Å². The Morgan fingerprint density at radius 1 is 1.33 bits per heavy atom. The van der Waals surface area contributed by atoms with Crippen LogP contribution in [0.25, 0.3) is 0 Å². The number of carbonyl (C=O) groups is 2. The van der Waals surface area contributed by atoms with Crippen molar-refractivity contribution in [3.05, 3.63) is 29.8 Å². The fourth-order valence-corrected chi connectivity index (χ4v) is 1.43. The Balaban J connectivity index is 2.73. The van der Waals surface area contributed by atoms with Gasteiger partial charge in [-0.3, -0.25) is 9.59 Å². The van der Waals surface area contributed by atoms with E-state index in [9.17, 15) is 9.59 Å². The van der Waals surface area contributed by atoms with Crippen molar-refractivity contribution in [3.63, 3.8) is 0 Å². The van der Waals surface area contributed by atoms with E-state index in [1.54, 1.807) is 38.1 Å². The number of carbonyl (C=O) groups excluding carboxylic acids is 2. The van der Waals surface area contributed by atoms with Gasteiger partial charge in [-0.2, -0.15) is 0 Å². The molecule has 0 aromatic heterocycles. The molecule has 1 aromatic carbocycles. The van der Waals surface area contributed by atoms with E-state index < -0.39 is 11.8 Å². The van der Waals surface area contributed by atoms with E-state index >= 15 is 0 Å². The zero-order valence-corrected chi connectivity index (χ0v) is 10.8. The van der Waals surface area contributed by atoms with Gasteiger partial charge >= 0.3 is 0 Å². The van der Waals surface area contributed by atoms with Gasteiger partial charge in [0, 0.05) is 11.6 Å².